The van der Waals surface area contributed by atoms with Crippen LogP contribution in [0.3, 0.4) is 0 Å². The topological polar surface area (TPSA) is 0 Å². The second-order valence-electron chi connectivity index (χ2n) is 10.6. The van der Waals surface area contributed by atoms with Gasteiger partial charge in [0.2, 0.25) is 0 Å². The average molecular weight is 331 g/mol. The molecule has 4 aliphatic rings. The van der Waals surface area contributed by atoms with E-state index in [0.29, 0.717) is 0 Å². The SMILES string of the molecule is CC1C(C)C(CCC2C(C)C(C)C3CCCCC32)C2CCCCC12. The molecular formula is C24H42. The third-order valence-electron chi connectivity index (χ3n) is 10.0. The minimum absolute atomic E-state index is 0.995. The summed E-state index contributed by atoms with van der Waals surface area (Å²) in [5, 5.41) is 0. The van der Waals surface area contributed by atoms with Crippen molar-refractivity contribution in [3.63, 3.8) is 0 Å². The Morgan fingerprint density at radius 2 is 0.792 bits per heavy atom. The lowest BCUT2D eigenvalue weighted by molar-refractivity contribution is 0.167. The molecule has 10 atom stereocenters. The summed E-state index contributed by atoms with van der Waals surface area (Å²) in [4.78, 5) is 0. The molecule has 0 nitrogen and oxygen atoms in total. The Kier molecular flexibility index (Phi) is 5.05. The molecule has 138 valence electrons. The van der Waals surface area contributed by atoms with Crippen LogP contribution in [0.5, 0.6) is 0 Å². The van der Waals surface area contributed by atoms with Gasteiger partial charge in [0.15, 0.2) is 0 Å². The summed E-state index contributed by atoms with van der Waals surface area (Å²) < 4.78 is 0. The Bertz CT molecular complexity index is 386. The first kappa shape index (κ1) is 17.4. The first-order valence-electron chi connectivity index (χ1n) is 11.6. The van der Waals surface area contributed by atoms with Crippen LogP contribution in [0.4, 0.5) is 0 Å². The first-order chi connectivity index (χ1) is 11.6. The van der Waals surface area contributed by atoms with Crippen molar-refractivity contribution in [3.8, 4) is 0 Å². The van der Waals surface area contributed by atoms with Gasteiger partial charge in [-0.3, -0.25) is 0 Å². The molecule has 0 aromatic carbocycles. The number of rotatable bonds is 3. The van der Waals surface area contributed by atoms with Gasteiger partial charge in [0.1, 0.15) is 0 Å². The molecule has 24 heavy (non-hydrogen) atoms. The largest absolute Gasteiger partial charge is 0.0620 e. The van der Waals surface area contributed by atoms with Crippen molar-refractivity contribution >= 4 is 0 Å². The van der Waals surface area contributed by atoms with Gasteiger partial charge in [-0.2, -0.15) is 0 Å². The van der Waals surface area contributed by atoms with Crippen LogP contribution in [0.1, 0.15) is 91.9 Å². The fourth-order valence-electron chi connectivity index (χ4n) is 8.42. The predicted octanol–water partition coefficient (Wildman–Crippen LogP) is 7.18. The van der Waals surface area contributed by atoms with Crippen LogP contribution in [0.25, 0.3) is 0 Å². The molecule has 4 fully saturated rings. The van der Waals surface area contributed by atoms with Crippen LogP contribution in [-0.4, -0.2) is 0 Å². The monoisotopic (exact) mass is 330 g/mol. The summed E-state index contributed by atoms with van der Waals surface area (Å²) in [6, 6.07) is 0. The Balaban J connectivity index is 1.42. The lowest BCUT2D eigenvalue weighted by atomic mass is 9.72. The molecule has 4 saturated carbocycles. The molecular weight excluding hydrogens is 288 g/mol. The number of hydrogen-bond acceptors (Lipinski definition) is 0. The van der Waals surface area contributed by atoms with Crippen LogP contribution in [0.15, 0.2) is 0 Å². The van der Waals surface area contributed by atoms with Crippen LogP contribution in [-0.2, 0) is 0 Å². The standard InChI is InChI=1S/C24H42/c1-15-17(3)21(23-11-7-5-9-19(15)23)13-14-22-18(4)16(2)20-10-6-8-12-24(20)22/h15-24H,5-14H2,1-4H3. The minimum Gasteiger partial charge on any atom is -0.0620 e. The van der Waals surface area contributed by atoms with Gasteiger partial charge >= 0.3 is 0 Å². The highest BCUT2D eigenvalue weighted by Gasteiger charge is 2.49. The Hall–Kier alpha value is 0. The second-order valence-corrected chi connectivity index (χ2v) is 10.6. The molecule has 10 unspecified atom stereocenters. The maximum Gasteiger partial charge on any atom is -0.0352 e. The number of fused-ring (bicyclic) bond motifs is 2. The van der Waals surface area contributed by atoms with E-state index in [9.17, 15) is 0 Å². The van der Waals surface area contributed by atoms with E-state index in [1.165, 1.54) is 25.7 Å². The van der Waals surface area contributed by atoms with E-state index >= 15 is 0 Å². The Morgan fingerprint density at radius 1 is 0.458 bits per heavy atom. The van der Waals surface area contributed by atoms with Gasteiger partial charge in [-0.05, 0) is 97.7 Å². The fourth-order valence-corrected chi connectivity index (χ4v) is 8.42. The highest BCUT2D eigenvalue weighted by molar-refractivity contribution is 4.98. The van der Waals surface area contributed by atoms with Crippen molar-refractivity contribution in [1.82, 2.24) is 0 Å². The molecule has 0 aromatic rings. The third kappa shape index (κ3) is 2.79. The minimum atomic E-state index is 0.995. The van der Waals surface area contributed by atoms with E-state index in [1.54, 1.807) is 38.5 Å². The quantitative estimate of drug-likeness (QED) is 0.514. The maximum atomic E-state index is 2.61. The molecule has 0 heterocycles. The summed E-state index contributed by atoms with van der Waals surface area (Å²) in [5.41, 5.74) is 0. The summed E-state index contributed by atoms with van der Waals surface area (Å²) in [6.07, 6.45) is 15.5. The van der Waals surface area contributed by atoms with Gasteiger partial charge in [0.05, 0.1) is 0 Å². The van der Waals surface area contributed by atoms with Crippen LogP contribution in [0, 0.1) is 59.2 Å². The van der Waals surface area contributed by atoms with Gasteiger partial charge in [-0.25, -0.2) is 0 Å². The van der Waals surface area contributed by atoms with Gasteiger partial charge in [-0.15, -0.1) is 0 Å². The molecule has 0 spiro atoms. The summed E-state index contributed by atoms with van der Waals surface area (Å²) in [7, 11) is 0. The second kappa shape index (κ2) is 6.96. The molecule has 4 rings (SSSR count). The Labute approximate surface area is 151 Å². The highest BCUT2D eigenvalue weighted by atomic mass is 14.5. The average Bonchev–Trinajstić information content (AvgIpc) is 3.00. The normalized spacial score (nSPS) is 54.5. The van der Waals surface area contributed by atoms with Crippen molar-refractivity contribution in [1.29, 1.82) is 0 Å². The zero-order valence-electron chi connectivity index (χ0n) is 16.8. The molecule has 0 radical (unpaired) electrons. The van der Waals surface area contributed by atoms with Crippen molar-refractivity contribution in [3.05, 3.63) is 0 Å². The zero-order valence-corrected chi connectivity index (χ0v) is 16.8. The van der Waals surface area contributed by atoms with E-state index in [2.05, 4.69) is 27.7 Å². The van der Waals surface area contributed by atoms with Gasteiger partial charge < -0.3 is 0 Å². The lowest BCUT2D eigenvalue weighted by Crippen LogP contribution is -2.24. The summed E-state index contributed by atoms with van der Waals surface area (Å²) in [6.45, 7) is 10.4. The molecule has 0 bridgehead atoms. The molecule has 0 amide bonds. The van der Waals surface area contributed by atoms with Crippen LogP contribution in [0.2, 0.25) is 0 Å². The molecule has 0 saturated heterocycles. The molecule has 4 aliphatic carbocycles. The van der Waals surface area contributed by atoms with Gasteiger partial charge in [-0.1, -0.05) is 53.4 Å². The van der Waals surface area contributed by atoms with Crippen molar-refractivity contribution in [2.24, 2.45) is 59.2 Å². The molecule has 0 heteroatoms. The Morgan fingerprint density at radius 3 is 1.17 bits per heavy atom. The van der Waals surface area contributed by atoms with Crippen LogP contribution >= 0.6 is 0 Å². The third-order valence-corrected chi connectivity index (χ3v) is 10.0. The summed E-state index contributed by atoms with van der Waals surface area (Å²) >= 11 is 0. The van der Waals surface area contributed by atoms with Crippen molar-refractivity contribution in [2.75, 3.05) is 0 Å². The highest BCUT2D eigenvalue weighted by Crippen LogP contribution is 2.57. The molecule has 0 aromatic heterocycles. The predicted molar refractivity (Wildman–Crippen MR) is 104 cm³/mol. The van der Waals surface area contributed by atoms with Gasteiger partial charge in [0, 0.05) is 0 Å². The van der Waals surface area contributed by atoms with E-state index in [0.717, 1.165) is 59.2 Å². The zero-order chi connectivity index (χ0) is 16.8. The van der Waals surface area contributed by atoms with E-state index in [4.69, 9.17) is 0 Å². The molecule has 0 N–H and O–H groups in total. The maximum absolute atomic E-state index is 2.61. The van der Waals surface area contributed by atoms with Crippen LogP contribution < -0.4 is 0 Å². The van der Waals surface area contributed by atoms with Gasteiger partial charge in [0.25, 0.3) is 0 Å². The fraction of sp³-hybridized carbons (Fsp3) is 1.00. The number of hydrogen-bond donors (Lipinski definition) is 0. The smallest absolute Gasteiger partial charge is 0.0352 e. The van der Waals surface area contributed by atoms with E-state index in [-0.39, 0.29) is 0 Å². The molecule has 0 aliphatic heterocycles. The lowest BCUT2D eigenvalue weighted by Gasteiger charge is -2.33. The van der Waals surface area contributed by atoms with Crippen molar-refractivity contribution in [2.45, 2.75) is 91.9 Å². The van der Waals surface area contributed by atoms with E-state index in [1.807, 2.05) is 0 Å². The first-order valence-corrected chi connectivity index (χ1v) is 11.6. The summed E-state index contributed by atoms with van der Waals surface area (Å²) in [5.74, 6) is 10.5. The van der Waals surface area contributed by atoms with Crippen molar-refractivity contribution < 1.29 is 0 Å². The van der Waals surface area contributed by atoms with E-state index < -0.39 is 0 Å².